The number of carbonyl (C=O) groups excluding carboxylic acids is 2. The number of carbonyl (C=O) groups is 2. The first kappa shape index (κ1) is 23.2. The topological polar surface area (TPSA) is 113 Å². The molecule has 2 amide bonds. The van der Waals surface area contributed by atoms with E-state index in [4.69, 9.17) is 0 Å². The first-order valence-corrected chi connectivity index (χ1v) is 11.8. The number of nitrogens with zero attached hydrogens (tertiary/aromatic N) is 4. The summed E-state index contributed by atoms with van der Waals surface area (Å²) >= 11 is 0.572. The fourth-order valence-corrected chi connectivity index (χ4v) is 5.28. The average Bonchev–Trinajstić information content (AvgIpc) is 3.35. The molecule has 1 aromatic carbocycles. The van der Waals surface area contributed by atoms with E-state index in [1.54, 1.807) is 13.8 Å². The zero-order chi connectivity index (χ0) is 22.8. The number of hydrogen-bond acceptors (Lipinski definition) is 7. The minimum absolute atomic E-state index is 0.0582. The summed E-state index contributed by atoms with van der Waals surface area (Å²) in [4.78, 5) is 26.3. The molecule has 1 aliphatic heterocycles. The Balaban J connectivity index is 1.69. The maximum absolute atomic E-state index is 12.6. The van der Waals surface area contributed by atoms with Crippen LogP contribution in [0.1, 0.15) is 31.7 Å². The highest BCUT2D eigenvalue weighted by molar-refractivity contribution is 7.89. The summed E-state index contributed by atoms with van der Waals surface area (Å²) in [5.41, 5.74) is 0.467. The molecule has 13 heteroatoms. The number of nitrogens with one attached hydrogen (secondary N) is 1. The van der Waals surface area contributed by atoms with E-state index in [0.29, 0.717) is 30.1 Å². The van der Waals surface area contributed by atoms with Crippen molar-refractivity contribution >= 4 is 44.0 Å². The molecule has 2 aromatic rings. The van der Waals surface area contributed by atoms with Gasteiger partial charge in [-0.1, -0.05) is 25.2 Å². The van der Waals surface area contributed by atoms with Crippen molar-refractivity contribution in [3.63, 3.8) is 0 Å². The lowest BCUT2D eigenvalue weighted by Crippen LogP contribution is -2.31. The van der Waals surface area contributed by atoms with Gasteiger partial charge in [0.15, 0.2) is 5.01 Å². The van der Waals surface area contributed by atoms with Crippen molar-refractivity contribution in [2.45, 2.75) is 31.6 Å². The molecule has 168 valence electrons. The number of aromatic nitrogens is 2. The van der Waals surface area contributed by atoms with Crippen LogP contribution in [0, 0.1) is 5.92 Å². The monoisotopic (exact) mass is 473 g/mol. The number of hydrogen-bond donors (Lipinski definition) is 1. The number of alkyl halides is 2. The molecule has 1 saturated heterocycles. The standard InChI is InChI=1S/C18H21F2N5O4S2/c1-3-24(4-2)31(28,29)13-7-5-12(6-8-13)25-10-11(9-14(25)26)16(27)21-18-23-22-17(30-18)15(19)20/h5-8,11,15H,3-4,9-10H2,1-2H3,(H,21,23,27). The minimum Gasteiger partial charge on any atom is -0.312 e. The SMILES string of the molecule is CCN(CC)S(=O)(=O)c1ccc(N2CC(C(=O)Nc3nnc(C(F)F)s3)CC2=O)cc1. The zero-order valence-corrected chi connectivity index (χ0v) is 18.4. The Morgan fingerprint density at radius 2 is 1.90 bits per heavy atom. The Morgan fingerprint density at radius 1 is 1.26 bits per heavy atom. The molecule has 1 unspecified atom stereocenters. The molecule has 9 nitrogen and oxygen atoms in total. The first-order valence-electron chi connectivity index (χ1n) is 9.50. The summed E-state index contributed by atoms with van der Waals surface area (Å²) in [5.74, 6) is -1.52. The van der Waals surface area contributed by atoms with Crippen molar-refractivity contribution in [1.82, 2.24) is 14.5 Å². The second kappa shape index (κ2) is 9.32. The number of amides is 2. The van der Waals surface area contributed by atoms with E-state index in [9.17, 15) is 26.8 Å². The number of benzene rings is 1. The second-order valence-electron chi connectivity index (χ2n) is 6.72. The molecule has 0 spiro atoms. The van der Waals surface area contributed by atoms with E-state index in [1.807, 2.05) is 0 Å². The van der Waals surface area contributed by atoms with Gasteiger partial charge < -0.3 is 10.2 Å². The van der Waals surface area contributed by atoms with Gasteiger partial charge in [-0.2, -0.15) is 4.31 Å². The molecule has 2 heterocycles. The van der Waals surface area contributed by atoms with Crippen LogP contribution < -0.4 is 10.2 Å². The third kappa shape index (κ3) is 4.88. The molecule has 1 aromatic heterocycles. The summed E-state index contributed by atoms with van der Waals surface area (Å²) in [7, 11) is -3.62. The molecule has 0 bridgehead atoms. The van der Waals surface area contributed by atoms with Crippen molar-refractivity contribution in [3.05, 3.63) is 29.3 Å². The zero-order valence-electron chi connectivity index (χ0n) is 16.8. The van der Waals surface area contributed by atoms with E-state index in [0.717, 1.165) is 0 Å². The second-order valence-corrected chi connectivity index (χ2v) is 9.67. The summed E-state index contributed by atoms with van der Waals surface area (Å²) in [5, 5.41) is 8.66. The number of halogens is 2. The van der Waals surface area contributed by atoms with E-state index in [-0.39, 0.29) is 28.9 Å². The number of rotatable bonds is 8. The van der Waals surface area contributed by atoms with Gasteiger partial charge in [-0.3, -0.25) is 9.59 Å². The molecule has 0 aliphatic carbocycles. The Kier molecular flexibility index (Phi) is 6.96. The molecule has 31 heavy (non-hydrogen) atoms. The van der Waals surface area contributed by atoms with E-state index >= 15 is 0 Å². The van der Waals surface area contributed by atoms with Gasteiger partial charge in [0.1, 0.15) is 0 Å². The minimum atomic E-state index is -3.62. The largest absolute Gasteiger partial charge is 0.312 e. The van der Waals surface area contributed by atoms with Crippen molar-refractivity contribution in [1.29, 1.82) is 0 Å². The molecule has 1 aliphatic rings. The number of sulfonamides is 1. The summed E-state index contributed by atoms with van der Waals surface area (Å²) in [6.07, 6.45) is -2.84. The van der Waals surface area contributed by atoms with Crippen LogP contribution >= 0.6 is 11.3 Å². The molecule has 0 radical (unpaired) electrons. The quantitative estimate of drug-likeness (QED) is 0.630. The summed E-state index contributed by atoms with van der Waals surface area (Å²) in [6, 6.07) is 5.90. The lowest BCUT2D eigenvalue weighted by Gasteiger charge is -2.20. The fraction of sp³-hybridized carbons (Fsp3) is 0.444. The lowest BCUT2D eigenvalue weighted by molar-refractivity contribution is -0.122. The fourth-order valence-electron chi connectivity index (χ4n) is 3.22. The van der Waals surface area contributed by atoms with Gasteiger partial charge in [0, 0.05) is 31.7 Å². The van der Waals surface area contributed by atoms with Gasteiger partial charge in [0.05, 0.1) is 10.8 Å². The normalized spacial score (nSPS) is 17.0. The maximum Gasteiger partial charge on any atom is 0.291 e. The molecule has 1 N–H and O–H groups in total. The van der Waals surface area contributed by atoms with Gasteiger partial charge in [-0.25, -0.2) is 17.2 Å². The van der Waals surface area contributed by atoms with Crippen LogP contribution in [0.5, 0.6) is 0 Å². The van der Waals surface area contributed by atoms with E-state index in [1.165, 1.54) is 33.5 Å². The molecular weight excluding hydrogens is 452 g/mol. The van der Waals surface area contributed by atoms with Crippen molar-refractivity contribution < 1.29 is 26.8 Å². The predicted molar refractivity (Wildman–Crippen MR) is 111 cm³/mol. The van der Waals surface area contributed by atoms with Gasteiger partial charge in [0.25, 0.3) is 6.43 Å². The Hall–Kier alpha value is -2.51. The van der Waals surface area contributed by atoms with Crippen LogP contribution in [0.2, 0.25) is 0 Å². The van der Waals surface area contributed by atoms with Crippen LogP contribution in [0.4, 0.5) is 19.6 Å². The first-order chi connectivity index (χ1) is 14.7. The van der Waals surface area contributed by atoms with Crippen LogP contribution in [0.15, 0.2) is 29.2 Å². The van der Waals surface area contributed by atoms with Crippen molar-refractivity contribution in [2.75, 3.05) is 29.9 Å². The smallest absolute Gasteiger partial charge is 0.291 e. The third-order valence-corrected chi connectivity index (χ3v) is 7.75. The average molecular weight is 474 g/mol. The highest BCUT2D eigenvalue weighted by atomic mass is 32.2. The van der Waals surface area contributed by atoms with Crippen LogP contribution in [-0.4, -0.2) is 54.4 Å². The predicted octanol–water partition coefficient (Wildman–Crippen LogP) is 2.50. The Bertz CT molecular complexity index is 1060. The summed E-state index contributed by atoms with van der Waals surface area (Å²) < 4.78 is 51.7. The highest BCUT2D eigenvalue weighted by Crippen LogP contribution is 2.29. The van der Waals surface area contributed by atoms with Gasteiger partial charge >= 0.3 is 0 Å². The Labute approximate surface area is 182 Å². The van der Waals surface area contributed by atoms with E-state index in [2.05, 4.69) is 15.5 Å². The molecular formula is C18H21F2N5O4S2. The van der Waals surface area contributed by atoms with Gasteiger partial charge in [0.2, 0.25) is 27.0 Å². The molecule has 0 saturated carbocycles. The Morgan fingerprint density at radius 3 is 2.45 bits per heavy atom. The van der Waals surface area contributed by atoms with Crippen LogP contribution in [-0.2, 0) is 19.6 Å². The van der Waals surface area contributed by atoms with Crippen molar-refractivity contribution in [2.24, 2.45) is 5.92 Å². The maximum atomic E-state index is 12.6. The van der Waals surface area contributed by atoms with Gasteiger partial charge in [-0.05, 0) is 24.3 Å². The van der Waals surface area contributed by atoms with Crippen molar-refractivity contribution in [3.8, 4) is 0 Å². The van der Waals surface area contributed by atoms with Gasteiger partial charge in [-0.15, -0.1) is 10.2 Å². The van der Waals surface area contributed by atoms with Crippen LogP contribution in [0.3, 0.4) is 0 Å². The molecule has 1 fully saturated rings. The lowest BCUT2D eigenvalue weighted by atomic mass is 10.1. The number of anilines is 2. The summed E-state index contributed by atoms with van der Waals surface area (Å²) in [6.45, 7) is 4.26. The third-order valence-electron chi connectivity index (χ3n) is 4.84. The highest BCUT2D eigenvalue weighted by Gasteiger charge is 2.36. The molecule has 3 rings (SSSR count). The molecule has 1 atom stereocenters. The van der Waals surface area contributed by atoms with E-state index < -0.39 is 33.3 Å². The van der Waals surface area contributed by atoms with Crippen LogP contribution in [0.25, 0.3) is 0 Å².